The summed E-state index contributed by atoms with van der Waals surface area (Å²) in [5.41, 5.74) is 2.92. The van der Waals surface area contributed by atoms with E-state index in [0.717, 1.165) is 24.3 Å². The Morgan fingerprint density at radius 2 is 1.95 bits per heavy atom. The fraction of sp³-hybridized carbons (Fsp3) is 0.235. The van der Waals surface area contributed by atoms with Gasteiger partial charge in [0.25, 0.3) is 5.91 Å². The van der Waals surface area contributed by atoms with Gasteiger partial charge >= 0.3 is 0 Å². The van der Waals surface area contributed by atoms with Gasteiger partial charge in [0.15, 0.2) is 0 Å². The lowest BCUT2D eigenvalue weighted by Crippen LogP contribution is -2.14. The molecule has 21 heavy (non-hydrogen) atoms. The van der Waals surface area contributed by atoms with Gasteiger partial charge in [0.1, 0.15) is 5.75 Å². The number of hydrogen-bond donors (Lipinski definition) is 3. The highest BCUT2D eigenvalue weighted by molar-refractivity contribution is 6.05. The predicted molar refractivity (Wildman–Crippen MR) is 84.6 cm³/mol. The van der Waals surface area contributed by atoms with Crippen LogP contribution in [0.4, 0.5) is 5.69 Å². The first-order valence-corrected chi connectivity index (χ1v) is 7.01. The van der Waals surface area contributed by atoms with Crippen molar-refractivity contribution in [3.63, 3.8) is 0 Å². The average molecular weight is 284 g/mol. The number of amides is 1. The van der Waals surface area contributed by atoms with Gasteiger partial charge in [-0.2, -0.15) is 0 Å². The molecule has 0 radical (unpaired) electrons. The van der Waals surface area contributed by atoms with Gasteiger partial charge in [-0.25, -0.2) is 0 Å². The van der Waals surface area contributed by atoms with Crippen LogP contribution in [0.5, 0.6) is 5.75 Å². The molecule has 0 saturated heterocycles. The Kier molecular flexibility index (Phi) is 4.95. The van der Waals surface area contributed by atoms with E-state index in [4.69, 9.17) is 0 Å². The smallest absolute Gasteiger partial charge is 0.256 e. The Balaban J connectivity index is 2.14. The molecule has 0 aliphatic heterocycles. The molecule has 0 spiro atoms. The maximum Gasteiger partial charge on any atom is 0.256 e. The molecule has 0 atom stereocenters. The van der Waals surface area contributed by atoms with Crippen LogP contribution >= 0.6 is 0 Å². The van der Waals surface area contributed by atoms with Crippen LogP contribution in [0.1, 0.15) is 28.4 Å². The zero-order chi connectivity index (χ0) is 15.2. The molecule has 0 heterocycles. The van der Waals surface area contributed by atoms with Crippen molar-refractivity contribution in [1.82, 2.24) is 5.32 Å². The molecule has 0 bridgehead atoms. The van der Waals surface area contributed by atoms with E-state index in [2.05, 4.69) is 17.6 Å². The van der Waals surface area contributed by atoms with Crippen molar-refractivity contribution in [3.05, 3.63) is 59.2 Å². The number of nitrogens with one attached hydrogen (secondary N) is 2. The van der Waals surface area contributed by atoms with Crippen LogP contribution in [-0.4, -0.2) is 17.6 Å². The third-order valence-corrected chi connectivity index (χ3v) is 3.31. The fourth-order valence-electron chi connectivity index (χ4n) is 2.10. The second kappa shape index (κ2) is 6.90. The Hall–Kier alpha value is -2.33. The molecule has 0 saturated carbocycles. The van der Waals surface area contributed by atoms with Crippen molar-refractivity contribution >= 4 is 11.6 Å². The highest BCUT2D eigenvalue weighted by atomic mass is 16.3. The Morgan fingerprint density at radius 1 is 1.19 bits per heavy atom. The summed E-state index contributed by atoms with van der Waals surface area (Å²) in [4.78, 5) is 12.3. The number of anilines is 1. The average Bonchev–Trinajstić information content (AvgIpc) is 2.48. The van der Waals surface area contributed by atoms with Crippen molar-refractivity contribution in [2.45, 2.75) is 20.4 Å². The molecule has 4 nitrogen and oxygen atoms in total. The van der Waals surface area contributed by atoms with Crippen LogP contribution in [0.2, 0.25) is 0 Å². The predicted octanol–water partition coefficient (Wildman–Crippen LogP) is 3.06. The molecule has 3 N–H and O–H groups in total. The topological polar surface area (TPSA) is 61.4 Å². The normalized spacial score (nSPS) is 10.4. The van der Waals surface area contributed by atoms with Crippen LogP contribution in [-0.2, 0) is 6.54 Å². The molecule has 110 valence electrons. The van der Waals surface area contributed by atoms with E-state index >= 15 is 0 Å². The van der Waals surface area contributed by atoms with E-state index in [1.165, 1.54) is 0 Å². The summed E-state index contributed by atoms with van der Waals surface area (Å²) in [5.74, 6) is -0.0902. The molecule has 4 heteroatoms. The van der Waals surface area contributed by atoms with Gasteiger partial charge in [0.05, 0.1) is 0 Å². The van der Waals surface area contributed by atoms with E-state index in [1.54, 1.807) is 25.1 Å². The zero-order valence-electron chi connectivity index (χ0n) is 12.3. The second-order valence-electron chi connectivity index (χ2n) is 4.88. The molecule has 0 unspecified atom stereocenters. The van der Waals surface area contributed by atoms with Gasteiger partial charge in [0.2, 0.25) is 0 Å². The summed E-state index contributed by atoms with van der Waals surface area (Å²) in [6.45, 7) is 5.45. The van der Waals surface area contributed by atoms with Gasteiger partial charge in [-0.15, -0.1) is 0 Å². The molecule has 0 fully saturated rings. The molecule has 0 aromatic heterocycles. The standard InChI is InChI=1S/C17H20N2O2/c1-3-18-11-13-6-4-7-14(10-13)19-17(21)15-8-5-9-16(20)12(15)2/h4-10,18,20H,3,11H2,1-2H3,(H,19,21). The van der Waals surface area contributed by atoms with Gasteiger partial charge in [-0.3, -0.25) is 4.79 Å². The lowest BCUT2D eigenvalue weighted by Gasteiger charge is -2.10. The fourth-order valence-corrected chi connectivity index (χ4v) is 2.10. The number of hydrogen-bond acceptors (Lipinski definition) is 3. The first-order valence-electron chi connectivity index (χ1n) is 7.01. The largest absolute Gasteiger partial charge is 0.508 e. The number of carbonyl (C=O) groups is 1. The monoisotopic (exact) mass is 284 g/mol. The summed E-state index contributed by atoms with van der Waals surface area (Å²) in [6, 6.07) is 12.7. The number of phenols is 1. The van der Waals surface area contributed by atoms with E-state index in [1.807, 2.05) is 24.3 Å². The van der Waals surface area contributed by atoms with Crippen LogP contribution in [0.25, 0.3) is 0 Å². The number of aromatic hydroxyl groups is 1. The third-order valence-electron chi connectivity index (χ3n) is 3.31. The minimum Gasteiger partial charge on any atom is -0.508 e. The summed E-state index contributed by atoms with van der Waals surface area (Å²) in [6.07, 6.45) is 0. The van der Waals surface area contributed by atoms with E-state index in [-0.39, 0.29) is 11.7 Å². The molecule has 2 rings (SSSR count). The van der Waals surface area contributed by atoms with Gasteiger partial charge in [0, 0.05) is 23.4 Å². The van der Waals surface area contributed by atoms with Gasteiger partial charge in [-0.05, 0) is 43.3 Å². The summed E-state index contributed by atoms with van der Waals surface area (Å²) in [7, 11) is 0. The Bertz CT molecular complexity index is 638. The zero-order valence-corrected chi connectivity index (χ0v) is 12.3. The van der Waals surface area contributed by atoms with Crippen LogP contribution in [0.3, 0.4) is 0 Å². The lowest BCUT2D eigenvalue weighted by atomic mass is 10.1. The number of benzene rings is 2. The minimum atomic E-state index is -0.219. The van der Waals surface area contributed by atoms with Crippen molar-refractivity contribution < 1.29 is 9.90 Å². The van der Waals surface area contributed by atoms with Gasteiger partial charge < -0.3 is 15.7 Å². The highest BCUT2D eigenvalue weighted by Gasteiger charge is 2.11. The molecule has 1 amide bonds. The maximum absolute atomic E-state index is 12.3. The minimum absolute atomic E-state index is 0.128. The van der Waals surface area contributed by atoms with E-state index in [0.29, 0.717) is 11.1 Å². The first-order chi connectivity index (χ1) is 10.1. The van der Waals surface area contributed by atoms with Crippen LogP contribution in [0, 0.1) is 6.92 Å². The summed E-state index contributed by atoms with van der Waals surface area (Å²) < 4.78 is 0. The van der Waals surface area contributed by atoms with Crippen LogP contribution in [0.15, 0.2) is 42.5 Å². The van der Waals surface area contributed by atoms with Crippen molar-refractivity contribution in [1.29, 1.82) is 0 Å². The molecular formula is C17H20N2O2. The lowest BCUT2D eigenvalue weighted by molar-refractivity contribution is 0.102. The van der Waals surface area contributed by atoms with Crippen molar-refractivity contribution in [2.24, 2.45) is 0 Å². The Morgan fingerprint density at radius 3 is 2.71 bits per heavy atom. The second-order valence-corrected chi connectivity index (χ2v) is 4.88. The maximum atomic E-state index is 12.3. The van der Waals surface area contributed by atoms with Crippen molar-refractivity contribution in [3.8, 4) is 5.75 Å². The quantitative estimate of drug-likeness (QED) is 0.790. The molecular weight excluding hydrogens is 264 g/mol. The van der Waals surface area contributed by atoms with E-state index in [9.17, 15) is 9.90 Å². The highest BCUT2D eigenvalue weighted by Crippen LogP contribution is 2.21. The molecule has 2 aromatic rings. The van der Waals surface area contributed by atoms with Crippen molar-refractivity contribution in [2.75, 3.05) is 11.9 Å². The number of carbonyl (C=O) groups excluding carboxylic acids is 1. The van der Waals surface area contributed by atoms with Crippen LogP contribution < -0.4 is 10.6 Å². The number of phenolic OH excluding ortho intramolecular Hbond substituents is 1. The Labute approximate surface area is 124 Å². The first kappa shape index (κ1) is 15.1. The SMILES string of the molecule is CCNCc1cccc(NC(=O)c2cccc(O)c2C)c1. The molecule has 0 aliphatic rings. The molecule has 2 aromatic carbocycles. The third kappa shape index (κ3) is 3.83. The molecule has 0 aliphatic carbocycles. The summed E-state index contributed by atoms with van der Waals surface area (Å²) >= 11 is 0. The summed E-state index contributed by atoms with van der Waals surface area (Å²) in [5, 5.41) is 15.8. The number of rotatable bonds is 5. The van der Waals surface area contributed by atoms with Gasteiger partial charge in [-0.1, -0.05) is 25.1 Å². The van der Waals surface area contributed by atoms with E-state index < -0.39 is 0 Å².